The Morgan fingerprint density at radius 2 is 1.76 bits per heavy atom. The zero-order valence-corrected chi connectivity index (χ0v) is 15.7. The van der Waals surface area contributed by atoms with Crippen molar-refractivity contribution in [1.29, 1.82) is 0 Å². The molecule has 0 aliphatic heterocycles. The van der Waals surface area contributed by atoms with Gasteiger partial charge in [0.15, 0.2) is 0 Å². The lowest BCUT2D eigenvalue weighted by molar-refractivity contribution is -0.121. The summed E-state index contributed by atoms with van der Waals surface area (Å²) in [5.74, 6) is -0.246. The van der Waals surface area contributed by atoms with Gasteiger partial charge in [0, 0.05) is 24.7 Å². The molecule has 0 bridgehead atoms. The second-order valence-electron chi connectivity index (χ2n) is 6.18. The van der Waals surface area contributed by atoms with E-state index in [4.69, 9.17) is 11.6 Å². The molecule has 4 nitrogen and oxygen atoms in total. The molecule has 25 heavy (non-hydrogen) atoms. The Hall–Kier alpha value is -2.33. The molecule has 1 unspecified atom stereocenters. The molecule has 1 N–H and O–H groups in total. The van der Waals surface area contributed by atoms with Crippen molar-refractivity contribution < 1.29 is 9.59 Å². The van der Waals surface area contributed by atoms with E-state index in [9.17, 15) is 9.59 Å². The first-order valence-corrected chi connectivity index (χ1v) is 8.52. The van der Waals surface area contributed by atoms with Gasteiger partial charge in [-0.2, -0.15) is 0 Å². The van der Waals surface area contributed by atoms with E-state index in [2.05, 4.69) is 5.32 Å². The van der Waals surface area contributed by atoms with Crippen molar-refractivity contribution in [2.45, 2.75) is 33.2 Å². The van der Waals surface area contributed by atoms with Gasteiger partial charge in [-0.3, -0.25) is 9.59 Å². The van der Waals surface area contributed by atoms with E-state index in [1.807, 2.05) is 44.2 Å². The number of carbonyl (C=O) groups is 2. The number of aryl methyl sites for hydroxylation is 1. The maximum absolute atomic E-state index is 12.8. The van der Waals surface area contributed by atoms with Crippen LogP contribution in [0.5, 0.6) is 0 Å². The highest BCUT2D eigenvalue weighted by molar-refractivity contribution is 6.30. The van der Waals surface area contributed by atoms with Crippen LogP contribution in [0, 0.1) is 13.8 Å². The highest BCUT2D eigenvalue weighted by atomic mass is 35.5. The summed E-state index contributed by atoms with van der Waals surface area (Å²) < 4.78 is 0. The molecule has 132 valence electrons. The van der Waals surface area contributed by atoms with Crippen LogP contribution in [-0.4, -0.2) is 18.9 Å². The summed E-state index contributed by atoms with van der Waals surface area (Å²) in [6.45, 7) is 5.46. The summed E-state index contributed by atoms with van der Waals surface area (Å²) in [6, 6.07) is 12.7. The van der Waals surface area contributed by atoms with Crippen molar-refractivity contribution in [2.75, 3.05) is 11.9 Å². The number of anilines is 1. The van der Waals surface area contributed by atoms with Crippen molar-refractivity contribution in [3.63, 3.8) is 0 Å². The highest BCUT2D eigenvalue weighted by Gasteiger charge is 2.21. The standard InChI is InChI=1S/C20H23ClN2O2/c1-13-6-5-7-19(14(13)2)23(4)20(25)12-18(22-15(3)24)16-8-10-17(21)11-9-16/h5-11,18H,12H2,1-4H3,(H,22,24). The van der Waals surface area contributed by atoms with Crippen molar-refractivity contribution in [2.24, 2.45) is 0 Å². The highest BCUT2D eigenvalue weighted by Crippen LogP contribution is 2.25. The average molecular weight is 359 g/mol. The largest absolute Gasteiger partial charge is 0.349 e. The van der Waals surface area contributed by atoms with Crippen LogP contribution < -0.4 is 10.2 Å². The molecule has 2 aromatic rings. The number of amides is 2. The third-order valence-corrected chi connectivity index (χ3v) is 4.59. The summed E-state index contributed by atoms with van der Waals surface area (Å²) in [5.41, 5.74) is 3.93. The molecule has 0 spiro atoms. The van der Waals surface area contributed by atoms with E-state index in [1.54, 1.807) is 24.1 Å². The zero-order chi connectivity index (χ0) is 18.6. The third-order valence-electron chi connectivity index (χ3n) is 4.34. The Morgan fingerprint density at radius 1 is 1.12 bits per heavy atom. The average Bonchev–Trinajstić information content (AvgIpc) is 2.56. The van der Waals surface area contributed by atoms with Crippen molar-refractivity contribution in [3.8, 4) is 0 Å². The number of hydrogen-bond donors (Lipinski definition) is 1. The minimum atomic E-state index is -0.394. The van der Waals surface area contributed by atoms with Crippen molar-refractivity contribution in [1.82, 2.24) is 5.32 Å². The van der Waals surface area contributed by atoms with Gasteiger partial charge in [0.2, 0.25) is 11.8 Å². The van der Waals surface area contributed by atoms with Crippen LogP contribution in [0.15, 0.2) is 42.5 Å². The van der Waals surface area contributed by atoms with Crippen LogP contribution >= 0.6 is 11.6 Å². The number of halogens is 1. The lowest BCUT2D eigenvalue weighted by atomic mass is 10.0. The Balaban J connectivity index is 2.22. The molecular formula is C20H23ClN2O2. The summed E-state index contributed by atoms with van der Waals surface area (Å²) in [7, 11) is 1.76. The van der Waals surface area contributed by atoms with Crippen LogP contribution in [0.1, 0.15) is 36.1 Å². The minimum Gasteiger partial charge on any atom is -0.349 e. The van der Waals surface area contributed by atoms with E-state index >= 15 is 0 Å². The number of rotatable bonds is 5. The predicted octanol–water partition coefficient (Wildman–Crippen LogP) is 4.19. The normalized spacial score (nSPS) is 11.7. The van der Waals surface area contributed by atoms with Crippen molar-refractivity contribution in [3.05, 3.63) is 64.2 Å². The second-order valence-corrected chi connectivity index (χ2v) is 6.62. The van der Waals surface area contributed by atoms with Crippen LogP contribution in [0.3, 0.4) is 0 Å². The lowest BCUT2D eigenvalue weighted by Crippen LogP contribution is -2.34. The van der Waals surface area contributed by atoms with Gasteiger partial charge < -0.3 is 10.2 Å². The molecule has 0 saturated heterocycles. The number of benzene rings is 2. The molecule has 0 saturated carbocycles. The first kappa shape index (κ1) is 19.0. The molecule has 0 fully saturated rings. The molecule has 0 aromatic heterocycles. The van der Waals surface area contributed by atoms with E-state index < -0.39 is 6.04 Å². The minimum absolute atomic E-state index is 0.0672. The molecule has 2 aromatic carbocycles. The fraction of sp³-hybridized carbons (Fsp3) is 0.300. The van der Waals surface area contributed by atoms with Gasteiger partial charge in [0.1, 0.15) is 0 Å². The molecule has 2 amide bonds. The third kappa shape index (κ3) is 4.83. The van der Waals surface area contributed by atoms with Gasteiger partial charge in [0.05, 0.1) is 12.5 Å². The Kier molecular flexibility index (Phi) is 6.21. The molecule has 0 heterocycles. The Morgan fingerprint density at radius 3 is 2.36 bits per heavy atom. The maximum atomic E-state index is 12.8. The second kappa shape index (κ2) is 8.17. The molecule has 0 aliphatic carbocycles. The van der Waals surface area contributed by atoms with E-state index in [1.165, 1.54) is 6.92 Å². The van der Waals surface area contributed by atoms with E-state index in [0.29, 0.717) is 5.02 Å². The molecule has 0 radical (unpaired) electrons. The first-order valence-electron chi connectivity index (χ1n) is 8.15. The molecule has 5 heteroatoms. The molecule has 1 atom stereocenters. The van der Waals surface area contributed by atoms with Gasteiger partial charge in [-0.25, -0.2) is 0 Å². The Labute approximate surface area is 153 Å². The van der Waals surface area contributed by atoms with Gasteiger partial charge >= 0.3 is 0 Å². The SMILES string of the molecule is CC(=O)NC(CC(=O)N(C)c1cccc(C)c1C)c1ccc(Cl)cc1. The summed E-state index contributed by atoms with van der Waals surface area (Å²) >= 11 is 5.93. The van der Waals surface area contributed by atoms with Crippen LogP contribution in [0.2, 0.25) is 5.02 Å². The number of nitrogens with one attached hydrogen (secondary N) is 1. The summed E-state index contributed by atoms with van der Waals surface area (Å²) in [4.78, 5) is 26.0. The monoisotopic (exact) mass is 358 g/mol. The first-order chi connectivity index (χ1) is 11.8. The van der Waals surface area contributed by atoms with Crippen molar-refractivity contribution >= 4 is 29.1 Å². The predicted molar refractivity (Wildman–Crippen MR) is 102 cm³/mol. The quantitative estimate of drug-likeness (QED) is 0.871. The van der Waals surface area contributed by atoms with Gasteiger partial charge in [-0.1, -0.05) is 35.9 Å². The van der Waals surface area contributed by atoms with Gasteiger partial charge in [-0.05, 0) is 48.7 Å². The zero-order valence-electron chi connectivity index (χ0n) is 15.0. The number of nitrogens with zero attached hydrogens (tertiary/aromatic N) is 1. The van der Waals surface area contributed by atoms with Crippen LogP contribution in [0.4, 0.5) is 5.69 Å². The number of hydrogen-bond acceptors (Lipinski definition) is 2. The summed E-state index contributed by atoms with van der Waals surface area (Å²) in [6.07, 6.45) is 0.172. The summed E-state index contributed by atoms with van der Waals surface area (Å²) in [5, 5.41) is 3.46. The van der Waals surface area contributed by atoms with Crippen LogP contribution in [0.25, 0.3) is 0 Å². The van der Waals surface area contributed by atoms with Gasteiger partial charge in [0.25, 0.3) is 0 Å². The Bertz CT molecular complexity index is 772. The fourth-order valence-corrected chi connectivity index (χ4v) is 2.86. The van der Waals surface area contributed by atoms with E-state index in [0.717, 1.165) is 22.4 Å². The van der Waals surface area contributed by atoms with Gasteiger partial charge in [-0.15, -0.1) is 0 Å². The molecule has 2 rings (SSSR count). The van der Waals surface area contributed by atoms with Crippen LogP contribution in [-0.2, 0) is 9.59 Å². The molecular weight excluding hydrogens is 336 g/mol. The lowest BCUT2D eigenvalue weighted by Gasteiger charge is -2.24. The van der Waals surface area contributed by atoms with E-state index in [-0.39, 0.29) is 18.2 Å². The number of carbonyl (C=O) groups excluding carboxylic acids is 2. The fourth-order valence-electron chi connectivity index (χ4n) is 2.74. The maximum Gasteiger partial charge on any atom is 0.229 e. The smallest absolute Gasteiger partial charge is 0.229 e. The molecule has 0 aliphatic rings. The topological polar surface area (TPSA) is 49.4 Å².